The Bertz CT molecular complexity index is 477. The van der Waals surface area contributed by atoms with E-state index in [0.717, 1.165) is 18.4 Å². The molecule has 1 aromatic rings. The van der Waals surface area contributed by atoms with Crippen molar-refractivity contribution in [2.45, 2.75) is 44.8 Å². The Balaban J connectivity index is 1.93. The molecule has 3 nitrogen and oxygen atoms in total. The van der Waals surface area contributed by atoms with Gasteiger partial charge in [-0.2, -0.15) is 0 Å². The van der Waals surface area contributed by atoms with Gasteiger partial charge in [0.2, 0.25) is 5.91 Å². The van der Waals surface area contributed by atoms with Crippen LogP contribution in [-0.4, -0.2) is 18.0 Å². The van der Waals surface area contributed by atoms with Gasteiger partial charge in [-0.05, 0) is 44.4 Å². The third-order valence-electron chi connectivity index (χ3n) is 3.26. The molecule has 0 aromatic heterocycles. The number of rotatable bonds is 5. The molecule has 1 saturated carbocycles. The van der Waals surface area contributed by atoms with Crippen LogP contribution in [-0.2, 0) is 4.79 Å². The van der Waals surface area contributed by atoms with E-state index in [9.17, 15) is 9.18 Å². The summed E-state index contributed by atoms with van der Waals surface area (Å²) in [5, 5.41) is 6.20. The minimum absolute atomic E-state index is 0.0104. The lowest BCUT2D eigenvalue weighted by Gasteiger charge is -2.20. The zero-order valence-corrected chi connectivity index (χ0v) is 11.8. The summed E-state index contributed by atoms with van der Waals surface area (Å²) >= 11 is 5.65. The maximum atomic E-state index is 13.4. The normalized spacial score (nSPS) is 17.9. The molecule has 0 radical (unpaired) electrons. The molecule has 1 amide bonds. The van der Waals surface area contributed by atoms with E-state index >= 15 is 0 Å². The van der Waals surface area contributed by atoms with Crippen molar-refractivity contribution in [2.75, 3.05) is 0 Å². The Hall–Kier alpha value is -1.13. The van der Waals surface area contributed by atoms with Gasteiger partial charge < -0.3 is 5.32 Å². The number of carbonyl (C=O) groups is 1. The molecule has 1 aromatic carbocycles. The van der Waals surface area contributed by atoms with Crippen LogP contribution in [0.15, 0.2) is 18.2 Å². The fourth-order valence-electron chi connectivity index (χ4n) is 1.88. The van der Waals surface area contributed by atoms with E-state index in [2.05, 4.69) is 10.6 Å². The maximum Gasteiger partial charge on any atom is 0.237 e. The summed E-state index contributed by atoms with van der Waals surface area (Å²) < 4.78 is 13.4. The Morgan fingerprint density at radius 2 is 2.11 bits per heavy atom. The first kappa shape index (κ1) is 14.3. The van der Waals surface area contributed by atoms with Gasteiger partial charge >= 0.3 is 0 Å². The molecule has 1 aliphatic rings. The number of amides is 1. The lowest BCUT2D eigenvalue weighted by Crippen LogP contribution is -2.43. The first-order valence-corrected chi connectivity index (χ1v) is 6.86. The van der Waals surface area contributed by atoms with Gasteiger partial charge in [0.25, 0.3) is 0 Å². The molecule has 19 heavy (non-hydrogen) atoms. The Morgan fingerprint density at radius 3 is 2.68 bits per heavy atom. The number of halogens is 2. The second-order valence-corrected chi connectivity index (χ2v) is 5.47. The summed E-state index contributed by atoms with van der Waals surface area (Å²) in [6.45, 7) is 3.70. The van der Waals surface area contributed by atoms with Crippen molar-refractivity contribution >= 4 is 17.5 Å². The highest BCUT2D eigenvalue weighted by molar-refractivity contribution is 6.30. The molecule has 0 spiro atoms. The smallest absolute Gasteiger partial charge is 0.237 e. The Morgan fingerprint density at radius 1 is 1.42 bits per heavy atom. The molecule has 5 heteroatoms. The standard InChI is InChI=1S/C14H18ClFN2O/c1-8(10-3-6-12(15)13(16)7-10)17-9(2)14(19)18-11-4-5-11/h3,6-9,11,17H,4-5H2,1-2H3,(H,18,19). The zero-order chi connectivity index (χ0) is 14.0. The molecule has 0 saturated heterocycles. The van der Waals surface area contributed by atoms with Gasteiger partial charge in [0.15, 0.2) is 0 Å². The lowest BCUT2D eigenvalue weighted by atomic mass is 10.1. The molecule has 0 heterocycles. The number of benzene rings is 1. The van der Waals surface area contributed by atoms with Crippen LogP contribution in [0.2, 0.25) is 5.02 Å². The highest BCUT2D eigenvalue weighted by atomic mass is 35.5. The van der Waals surface area contributed by atoms with Crippen LogP contribution in [0.3, 0.4) is 0 Å². The van der Waals surface area contributed by atoms with Crippen LogP contribution in [0.4, 0.5) is 4.39 Å². The molecule has 2 N–H and O–H groups in total. The molecular weight excluding hydrogens is 267 g/mol. The predicted octanol–water partition coefficient (Wildman–Crippen LogP) is 2.80. The summed E-state index contributed by atoms with van der Waals surface area (Å²) in [4.78, 5) is 11.8. The molecule has 2 atom stereocenters. The number of hydrogen-bond acceptors (Lipinski definition) is 2. The van der Waals surface area contributed by atoms with E-state index in [1.54, 1.807) is 13.0 Å². The predicted molar refractivity (Wildman–Crippen MR) is 73.6 cm³/mol. The summed E-state index contributed by atoms with van der Waals surface area (Å²) in [6, 6.07) is 4.60. The topological polar surface area (TPSA) is 41.1 Å². The van der Waals surface area contributed by atoms with E-state index in [-0.39, 0.29) is 23.0 Å². The van der Waals surface area contributed by atoms with E-state index in [1.165, 1.54) is 12.1 Å². The van der Waals surface area contributed by atoms with E-state index in [1.807, 2.05) is 6.92 Å². The summed E-state index contributed by atoms with van der Waals surface area (Å²) in [7, 11) is 0. The van der Waals surface area contributed by atoms with Crippen molar-refractivity contribution in [3.63, 3.8) is 0 Å². The van der Waals surface area contributed by atoms with Crippen LogP contribution < -0.4 is 10.6 Å². The Kier molecular flexibility index (Phi) is 4.42. The molecular formula is C14H18ClFN2O. The molecule has 1 fully saturated rings. The highest BCUT2D eigenvalue weighted by Gasteiger charge is 2.26. The van der Waals surface area contributed by atoms with Crippen LogP contribution in [0.25, 0.3) is 0 Å². The summed E-state index contributed by atoms with van der Waals surface area (Å²) in [6.07, 6.45) is 2.13. The minimum atomic E-state index is -0.442. The average Bonchev–Trinajstić information content (AvgIpc) is 3.16. The van der Waals surface area contributed by atoms with E-state index in [0.29, 0.717) is 6.04 Å². The fraction of sp³-hybridized carbons (Fsp3) is 0.500. The zero-order valence-electron chi connectivity index (χ0n) is 11.0. The van der Waals surface area contributed by atoms with Gasteiger partial charge in [0.1, 0.15) is 5.82 Å². The molecule has 1 aliphatic carbocycles. The SMILES string of the molecule is CC(NC(C)c1ccc(Cl)c(F)c1)C(=O)NC1CC1. The summed E-state index contributed by atoms with van der Waals surface area (Å²) in [5.41, 5.74) is 0.771. The first-order valence-electron chi connectivity index (χ1n) is 6.48. The maximum absolute atomic E-state index is 13.4. The third-order valence-corrected chi connectivity index (χ3v) is 3.57. The molecule has 2 unspecified atom stereocenters. The molecule has 2 rings (SSSR count). The van der Waals surface area contributed by atoms with E-state index < -0.39 is 5.82 Å². The first-order chi connectivity index (χ1) is 8.97. The number of hydrogen-bond donors (Lipinski definition) is 2. The quantitative estimate of drug-likeness (QED) is 0.873. The molecule has 0 bridgehead atoms. The van der Waals surface area contributed by atoms with Gasteiger partial charge in [-0.15, -0.1) is 0 Å². The van der Waals surface area contributed by atoms with E-state index in [4.69, 9.17) is 11.6 Å². The van der Waals surface area contributed by atoms with Crippen molar-refractivity contribution in [2.24, 2.45) is 0 Å². The minimum Gasteiger partial charge on any atom is -0.352 e. The van der Waals surface area contributed by atoms with Crippen molar-refractivity contribution in [3.05, 3.63) is 34.6 Å². The monoisotopic (exact) mass is 284 g/mol. The molecule has 104 valence electrons. The van der Waals surface area contributed by atoms with Gasteiger partial charge in [0, 0.05) is 12.1 Å². The Labute approximate surface area is 117 Å². The second kappa shape index (κ2) is 5.88. The van der Waals surface area contributed by atoms with Gasteiger partial charge in [-0.3, -0.25) is 10.1 Å². The third kappa shape index (κ3) is 3.91. The van der Waals surface area contributed by atoms with Crippen LogP contribution >= 0.6 is 11.6 Å². The summed E-state index contributed by atoms with van der Waals surface area (Å²) in [5.74, 6) is -0.452. The lowest BCUT2D eigenvalue weighted by molar-refractivity contribution is -0.123. The highest BCUT2D eigenvalue weighted by Crippen LogP contribution is 2.21. The van der Waals surface area contributed by atoms with Crippen LogP contribution in [0, 0.1) is 5.82 Å². The number of carbonyl (C=O) groups excluding carboxylic acids is 1. The van der Waals surface area contributed by atoms with Crippen LogP contribution in [0.1, 0.15) is 38.3 Å². The second-order valence-electron chi connectivity index (χ2n) is 5.07. The fourth-order valence-corrected chi connectivity index (χ4v) is 2.00. The average molecular weight is 285 g/mol. The van der Waals surface area contributed by atoms with Crippen molar-refractivity contribution in [1.82, 2.24) is 10.6 Å². The van der Waals surface area contributed by atoms with Gasteiger partial charge in [-0.1, -0.05) is 17.7 Å². The van der Waals surface area contributed by atoms with Crippen molar-refractivity contribution in [1.29, 1.82) is 0 Å². The van der Waals surface area contributed by atoms with Gasteiger partial charge in [-0.25, -0.2) is 4.39 Å². The van der Waals surface area contributed by atoms with Crippen molar-refractivity contribution < 1.29 is 9.18 Å². The van der Waals surface area contributed by atoms with Crippen LogP contribution in [0.5, 0.6) is 0 Å². The molecule has 0 aliphatic heterocycles. The number of nitrogens with one attached hydrogen (secondary N) is 2. The van der Waals surface area contributed by atoms with Crippen molar-refractivity contribution in [3.8, 4) is 0 Å². The largest absolute Gasteiger partial charge is 0.352 e. The van der Waals surface area contributed by atoms with Gasteiger partial charge in [0.05, 0.1) is 11.1 Å².